The monoisotopic (exact) mass is 174 g/mol. The number of rotatable bonds is 4. The first-order valence-electron chi connectivity index (χ1n) is 4.67. The lowest BCUT2D eigenvalue weighted by Gasteiger charge is -2.27. The summed E-state index contributed by atoms with van der Waals surface area (Å²) in [4.78, 5) is 0. The maximum atomic E-state index is 5.52. The van der Waals surface area contributed by atoms with Gasteiger partial charge in [-0.25, -0.2) is 0 Å². The summed E-state index contributed by atoms with van der Waals surface area (Å²) in [5.41, 5.74) is 0. The molecule has 1 aliphatic rings. The molecule has 0 aromatic rings. The zero-order chi connectivity index (χ0) is 8.81. The Balaban J connectivity index is 2.01. The van der Waals surface area contributed by atoms with Gasteiger partial charge in [0, 0.05) is 6.61 Å². The van der Waals surface area contributed by atoms with E-state index in [9.17, 15) is 0 Å². The third-order valence-electron chi connectivity index (χ3n) is 1.89. The summed E-state index contributed by atoms with van der Waals surface area (Å²) in [6, 6.07) is 0. The van der Waals surface area contributed by atoms with Crippen LogP contribution in [0.25, 0.3) is 0 Å². The Hall–Kier alpha value is -0.120. The second-order valence-electron chi connectivity index (χ2n) is 3.08. The van der Waals surface area contributed by atoms with Gasteiger partial charge in [0.15, 0.2) is 6.29 Å². The van der Waals surface area contributed by atoms with Crippen LogP contribution in [0.4, 0.5) is 0 Å². The lowest BCUT2D eigenvalue weighted by molar-refractivity contribution is -0.218. The van der Waals surface area contributed by atoms with Crippen LogP contribution in [0.2, 0.25) is 0 Å². The molecule has 1 aliphatic heterocycles. The average Bonchev–Trinajstić information content (AvgIpc) is 2.09. The summed E-state index contributed by atoms with van der Waals surface area (Å²) in [7, 11) is 0. The Morgan fingerprint density at radius 1 is 1.33 bits per heavy atom. The van der Waals surface area contributed by atoms with Crippen LogP contribution in [-0.4, -0.2) is 32.2 Å². The number of ether oxygens (including phenoxy) is 3. The highest BCUT2D eigenvalue weighted by atomic mass is 16.7. The van der Waals surface area contributed by atoms with Crippen molar-refractivity contribution in [3.8, 4) is 0 Å². The molecule has 1 fully saturated rings. The Kier molecular flexibility index (Phi) is 4.58. The lowest BCUT2D eigenvalue weighted by atomic mass is 10.3. The van der Waals surface area contributed by atoms with Crippen LogP contribution < -0.4 is 0 Å². The second kappa shape index (κ2) is 5.51. The van der Waals surface area contributed by atoms with E-state index in [1.807, 2.05) is 6.92 Å². The molecule has 0 atom stereocenters. The highest BCUT2D eigenvalue weighted by Gasteiger charge is 2.18. The van der Waals surface area contributed by atoms with Gasteiger partial charge >= 0.3 is 0 Å². The third kappa shape index (κ3) is 3.52. The Labute approximate surface area is 74.0 Å². The van der Waals surface area contributed by atoms with Crippen molar-refractivity contribution >= 4 is 0 Å². The van der Waals surface area contributed by atoms with Crippen LogP contribution in [-0.2, 0) is 14.2 Å². The van der Waals surface area contributed by atoms with E-state index in [0.29, 0.717) is 13.2 Å². The molecule has 3 nitrogen and oxygen atoms in total. The Morgan fingerprint density at radius 3 is 2.58 bits per heavy atom. The van der Waals surface area contributed by atoms with E-state index in [1.165, 1.54) is 6.42 Å². The summed E-state index contributed by atoms with van der Waals surface area (Å²) in [6.45, 7) is 6.22. The molecule has 72 valence electrons. The molecule has 0 radical (unpaired) electrons. The quantitative estimate of drug-likeness (QED) is 0.605. The van der Waals surface area contributed by atoms with E-state index in [2.05, 4.69) is 6.92 Å². The van der Waals surface area contributed by atoms with Crippen LogP contribution >= 0.6 is 0 Å². The minimum absolute atomic E-state index is 0.0592. The van der Waals surface area contributed by atoms with Crippen molar-refractivity contribution in [2.75, 3.05) is 19.8 Å². The van der Waals surface area contributed by atoms with Crippen molar-refractivity contribution in [3.05, 3.63) is 0 Å². The summed E-state index contributed by atoms with van der Waals surface area (Å²) in [5, 5.41) is 0. The molecule has 12 heavy (non-hydrogen) atoms. The van der Waals surface area contributed by atoms with Crippen LogP contribution in [0.3, 0.4) is 0 Å². The molecule has 0 saturated carbocycles. The normalized spacial score (nSPS) is 30.5. The van der Waals surface area contributed by atoms with E-state index in [1.54, 1.807) is 0 Å². The van der Waals surface area contributed by atoms with Crippen LogP contribution in [0.15, 0.2) is 0 Å². The van der Waals surface area contributed by atoms with E-state index < -0.39 is 0 Å². The number of hydrogen-bond donors (Lipinski definition) is 0. The third-order valence-corrected chi connectivity index (χ3v) is 1.89. The molecule has 0 bridgehead atoms. The van der Waals surface area contributed by atoms with Gasteiger partial charge in [0.05, 0.1) is 13.2 Å². The fraction of sp³-hybridized carbons (Fsp3) is 1.00. The van der Waals surface area contributed by atoms with Gasteiger partial charge in [0.25, 0.3) is 0 Å². The molecule has 1 heterocycles. The summed E-state index contributed by atoms with van der Waals surface area (Å²) in [5.74, 6) is 0. The maximum absolute atomic E-state index is 5.52. The molecule has 0 aliphatic carbocycles. The molecule has 0 unspecified atom stereocenters. The van der Waals surface area contributed by atoms with Gasteiger partial charge in [0.1, 0.15) is 6.10 Å². The minimum Gasteiger partial charge on any atom is -0.373 e. The first-order chi connectivity index (χ1) is 5.83. The van der Waals surface area contributed by atoms with E-state index in [-0.39, 0.29) is 12.4 Å². The zero-order valence-electron chi connectivity index (χ0n) is 7.91. The molecule has 0 N–H and O–H groups in total. The topological polar surface area (TPSA) is 27.7 Å². The van der Waals surface area contributed by atoms with Gasteiger partial charge < -0.3 is 14.2 Å². The van der Waals surface area contributed by atoms with Gasteiger partial charge in [0.2, 0.25) is 0 Å². The first kappa shape index (κ1) is 9.96. The van der Waals surface area contributed by atoms with Crippen molar-refractivity contribution in [1.82, 2.24) is 0 Å². The van der Waals surface area contributed by atoms with Gasteiger partial charge in [-0.1, -0.05) is 13.3 Å². The molecule has 0 aromatic carbocycles. The van der Waals surface area contributed by atoms with Crippen LogP contribution in [0.1, 0.15) is 26.7 Å². The van der Waals surface area contributed by atoms with E-state index >= 15 is 0 Å². The maximum Gasteiger partial charge on any atom is 0.155 e. The molecule has 1 saturated heterocycles. The minimum atomic E-state index is -0.0592. The fourth-order valence-electron chi connectivity index (χ4n) is 1.07. The van der Waals surface area contributed by atoms with Crippen molar-refractivity contribution in [2.24, 2.45) is 0 Å². The Bertz CT molecular complexity index is 108. The van der Waals surface area contributed by atoms with Crippen molar-refractivity contribution < 1.29 is 14.2 Å². The molecule has 0 aromatic heterocycles. The highest BCUT2D eigenvalue weighted by molar-refractivity contribution is 4.60. The van der Waals surface area contributed by atoms with Gasteiger partial charge in [-0.2, -0.15) is 0 Å². The zero-order valence-corrected chi connectivity index (χ0v) is 7.91. The molecule has 0 amide bonds. The second-order valence-corrected chi connectivity index (χ2v) is 3.08. The van der Waals surface area contributed by atoms with Crippen LogP contribution in [0.5, 0.6) is 0 Å². The molecule has 1 rings (SSSR count). The fourth-order valence-corrected chi connectivity index (χ4v) is 1.07. The predicted octanol–water partition coefficient (Wildman–Crippen LogP) is 1.56. The average molecular weight is 174 g/mol. The molecular weight excluding hydrogens is 156 g/mol. The Morgan fingerprint density at radius 2 is 2.00 bits per heavy atom. The first-order valence-corrected chi connectivity index (χ1v) is 4.67. The number of hydrogen-bond acceptors (Lipinski definition) is 3. The summed E-state index contributed by atoms with van der Waals surface area (Å²) < 4.78 is 16.1. The lowest BCUT2D eigenvalue weighted by Crippen LogP contribution is -2.36. The molecule has 0 spiro atoms. The molecule has 3 heteroatoms. The van der Waals surface area contributed by atoms with Gasteiger partial charge in [-0.05, 0) is 13.3 Å². The number of unbranched alkanes of at least 4 members (excludes halogenated alkanes) is 1. The smallest absolute Gasteiger partial charge is 0.155 e. The van der Waals surface area contributed by atoms with E-state index in [4.69, 9.17) is 14.2 Å². The predicted molar refractivity (Wildman–Crippen MR) is 46.0 cm³/mol. The summed E-state index contributed by atoms with van der Waals surface area (Å²) >= 11 is 0. The van der Waals surface area contributed by atoms with E-state index in [0.717, 1.165) is 13.0 Å². The van der Waals surface area contributed by atoms with Crippen molar-refractivity contribution in [2.45, 2.75) is 39.1 Å². The van der Waals surface area contributed by atoms with Crippen molar-refractivity contribution in [3.63, 3.8) is 0 Å². The van der Waals surface area contributed by atoms with Gasteiger partial charge in [-0.15, -0.1) is 0 Å². The standard InChI is InChI=1S/C9H18O3/c1-3-4-5-10-9-6-11-8(2)12-7-9/h8-9H,3-7H2,1-2H3. The molecular formula is C9H18O3. The largest absolute Gasteiger partial charge is 0.373 e. The van der Waals surface area contributed by atoms with Gasteiger partial charge in [-0.3, -0.25) is 0 Å². The van der Waals surface area contributed by atoms with Crippen molar-refractivity contribution in [1.29, 1.82) is 0 Å². The highest BCUT2D eigenvalue weighted by Crippen LogP contribution is 2.07. The SMILES string of the molecule is CCCCOC1COC(C)OC1. The van der Waals surface area contributed by atoms with Crippen LogP contribution in [0, 0.1) is 0 Å². The summed E-state index contributed by atoms with van der Waals surface area (Å²) in [6.07, 6.45) is 2.38.